The Balaban J connectivity index is 2.74. The van der Waals surface area contributed by atoms with Crippen LogP contribution in [-0.2, 0) is 14.3 Å². The van der Waals surface area contributed by atoms with Gasteiger partial charge in [-0.15, -0.1) is 0 Å². The standard InChI is InChI=1S/C11H19N3O4/c1-7(11(17)13-2)5-14(6-15)10-3-8(16)9(4-12)18-10/h5-6,8-10,16H,3-4,12H2,1-2H3,(H,13,17)/b7-5-. The maximum atomic E-state index is 11.3. The van der Waals surface area contributed by atoms with Crippen molar-refractivity contribution in [3.8, 4) is 0 Å². The molecule has 1 rings (SSSR count). The summed E-state index contributed by atoms with van der Waals surface area (Å²) in [6.07, 6.45) is 0.455. The highest BCUT2D eigenvalue weighted by molar-refractivity contribution is 5.92. The number of carbonyl (C=O) groups excluding carboxylic acids is 2. The molecule has 4 N–H and O–H groups in total. The molecule has 0 aliphatic carbocycles. The minimum Gasteiger partial charge on any atom is -0.390 e. The van der Waals surface area contributed by atoms with Crippen LogP contribution in [0.25, 0.3) is 0 Å². The van der Waals surface area contributed by atoms with E-state index in [1.54, 1.807) is 6.92 Å². The lowest BCUT2D eigenvalue weighted by Gasteiger charge is -2.21. The van der Waals surface area contributed by atoms with Gasteiger partial charge in [-0.2, -0.15) is 0 Å². The zero-order valence-corrected chi connectivity index (χ0v) is 10.5. The molecule has 102 valence electrons. The molecule has 0 aromatic rings. The highest BCUT2D eigenvalue weighted by Gasteiger charge is 2.35. The predicted octanol–water partition coefficient (Wildman–Crippen LogP) is -1.47. The number of aliphatic hydroxyl groups is 1. The minimum absolute atomic E-state index is 0.183. The lowest BCUT2D eigenvalue weighted by Crippen LogP contribution is -2.33. The molecule has 0 aromatic carbocycles. The number of hydrogen-bond donors (Lipinski definition) is 3. The SMILES string of the molecule is CNC(=O)/C(C)=C\N(C=O)C1CC(O)C(CN)O1. The second kappa shape index (κ2) is 6.48. The Hall–Kier alpha value is -1.44. The molecule has 1 fully saturated rings. The molecule has 1 saturated heterocycles. The maximum Gasteiger partial charge on any atom is 0.248 e. The van der Waals surface area contributed by atoms with Gasteiger partial charge in [-0.1, -0.05) is 0 Å². The van der Waals surface area contributed by atoms with Crippen LogP contribution in [-0.4, -0.2) is 54.4 Å². The first-order chi connectivity index (χ1) is 8.53. The van der Waals surface area contributed by atoms with Gasteiger partial charge in [0, 0.05) is 31.8 Å². The van der Waals surface area contributed by atoms with Crippen LogP contribution in [0.2, 0.25) is 0 Å². The molecule has 0 aromatic heterocycles. The Kier molecular flexibility index (Phi) is 5.26. The van der Waals surface area contributed by atoms with Crippen LogP contribution in [0.3, 0.4) is 0 Å². The summed E-state index contributed by atoms with van der Waals surface area (Å²) in [7, 11) is 1.51. The smallest absolute Gasteiger partial charge is 0.248 e. The van der Waals surface area contributed by atoms with E-state index in [-0.39, 0.29) is 18.9 Å². The van der Waals surface area contributed by atoms with E-state index in [0.717, 1.165) is 0 Å². The van der Waals surface area contributed by atoms with Crippen molar-refractivity contribution in [2.24, 2.45) is 5.73 Å². The van der Waals surface area contributed by atoms with Gasteiger partial charge in [0.05, 0.1) is 12.2 Å². The summed E-state index contributed by atoms with van der Waals surface area (Å²) in [5.41, 5.74) is 5.80. The van der Waals surface area contributed by atoms with Crippen molar-refractivity contribution in [2.75, 3.05) is 13.6 Å². The highest BCUT2D eigenvalue weighted by atomic mass is 16.5. The van der Waals surface area contributed by atoms with Crippen LogP contribution in [0, 0.1) is 0 Å². The maximum absolute atomic E-state index is 11.3. The van der Waals surface area contributed by atoms with E-state index in [9.17, 15) is 14.7 Å². The van der Waals surface area contributed by atoms with E-state index >= 15 is 0 Å². The molecule has 3 atom stereocenters. The highest BCUT2D eigenvalue weighted by Crippen LogP contribution is 2.22. The molecule has 2 amide bonds. The first-order valence-corrected chi connectivity index (χ1v) is 5.70. The van der Waals surface area contributed by atoms with Crippen molar-refractivity contribution in [2.45, 2.75) is 31.8 Å². The number of nitrogens with one attached hydrogen (secondary N) is 1. The molecule has 0 bridgehead atoms. The van der Waals surface area contributed by atoms with Crippen LogP contribution < -0.4 is 11.1 Å². The van der Waals surface area contributed by atoms with E-state index in [1.807, 2.05) is 0 Å². The Labute approximate surface area is 106 Å². The van der Waals surface area contributed by atoms with E-state index in [0.29, 0.717) is 12.0 Å². The van der Waals surface area contributed by atoms with E-state index in [2.05, 4.69) is 5.32 Å². The molecule has 7 nitrogen and oxygen atoms in total. The quantitative estimate of drug-likeness (QED) is 0.412. The van der Waals surface area contributed by atoms with Crippen LogP contribution in [0.5, 0.6) is 0 Å². The number of aliphatic hydroxyl groups excluding tert-OH is 1. The zero-order valence-electron chi connectivity index (χ0n) is 10.5. The number of amides is 2. The molecule has 0 spiro atoms. The second-order valence-electron chi connectivity index (χ2n) is 4.11. The fraction of sp³-hybridized carbons (Fsp3) is 0.636. The Morgan fingerprint density at radius 3 is 2.78 bits per heavy atom. The fourth-order valence-electron chi connectivity index (χ4n) is 1.77. The number of ether oxygens (including phenoxy) is 1. The van der Waals surface area contributed by atoms with Crippen molar-refractivity contribution >= 4 is 12.3 Å². The molecule has 0 saturated carbocycles. The second-order valence-corrected chi connectivity index (χ2v) is 4.11. The molecule has 7 heteroatoms. The molecule has 18 heavy (non-hydrogen) atoms. The largest absolute Gasteiger partial charge is 0.390 e. The summed E-state index contributed by atoms with van der Waals surface area (Å²) in [5.74, 6) is -0.282. The van der Waals surface area contributed by atoms with E-state index in [1.165, 1.54) is 18.1 Å². The summed E-state index contributed by atoms with van der Waals surface area (Å²) in [6.45, 7) is 1.77. The molecule has 0 radical (unpaired) electrons. The number of hydrogen-bond acceptors (Lipinski definition) is 5. The number of nitrogens with zero attached hydrogens (tertiary/aromatic N) is 1. The monoisotopic (exact) mass is 257 g/mol. The summed E-state index contributed by atoms with van der Waals surface area (Å²) >= 11 is 0. The van der Waals surface area contributed by atoms with Gasteiger partial charge in [0.25, 0.3) is 0 Å². The van der Waals surface area contributed by atoms with Gasteiger partial charge in [-0.3, -0.25) is 14.5 Å². The van der Waals surface area contributed by atoms with Gasteiger partial charge < -0.3 is 20.9 Å². The normalized spacial score (nSPS) is 28.0. The Morgan fingerprint density at radius 2 is 2.33 bits per heavy atom. The number of rotatable bonds is 5. The molecular weight excluding hydrogens is 238 g/mol. The summed E-state index contributed by atoms with van der Waals surface area (Å²) in [6, 6.07) is 0. The van der Waals surface area contributed by atoms with Crippen molar-refractivity contribution in [3.63, 3.8) is 0 Å². The third-order valence-electron chi connectivity index (χ3n) is 2.82. The molecular formula is C11H19N3O4. The average Bonchev–Trinajstić information content (AvgIpc) is 2.75. The third-order valence-corrected chi connectivity index (χ3v) is 2.82. The van der Waals surface area contributed by atoms with Crippen LogP contribution in [0.15, 0.2) is 11.8 Å². The molecule has 1 aliphatic heterocycles. The van der Waals surface area contributed by atoms with Crippen molar-refractivity contribution in [1.82, 2.24) is 10.2 Å². The average molecular weight is 257 g/mol. The van der Waals surface area contributed by atoms with Crippen LogP contribution in [0.1, 0.15) is 13.3 Å². The number of nitrogens with two attached hydrogens (primary N) is 1. The first-order valence-electron chi connectivity index (χ1n) is 5.70. The van der Waals surface area contributed by atoms with Gasteiger partial charge in [0.2, 0.25) is 12.3 Å². The number of carbonyl (C=O) groups is 2. The Bertz CT molecular complexity index is 345. The first kappa shape index (κ1) is 14.6. The molecule has 1 heterocycles. The van der Waals surface area contributed by atoms with E-state index < -0.39 is 18.4 Å². The summed E-state index contributed by atoms with van der Waals surface area (Å²) in [5, 5.41) is 12.1. The van der Waals surface area contributed by atoms with Gasteiger partial charge in [0.1, 0.15) is 6.23 Å². The lowest BCUT2D eigenvalue weighted by molar-refractivity contribution is -0.126. The van der Waals surface area contributed by atoms with Gasteiger partial charge in [0.15, 0.2) is 0 Å². The molecule has 1 aliphatic rings. The van der Waals surface area contributed by atoms with Crippen molar-refractivity contribution in [1.29, 1.82) is 0 Å². The topological polar surface area (TPSA) is 105 Å². The third kappa shape index (κ3) is 3.28. The van der Waals surface area contributed by atoms with Crippen molar-refractivity contribution < 1.29 is 19.4 Å². The minimum atomic E-state index is -0.698. The lowest BCUT2D eigenvalue weighted by atomic mass is 10.2. The summed E-state index contributed by atoms with van der Waals surface area (Å²) in [4.78, 5) is 23.6. The van der Waals surface area contributed by atoms with Crippen LogP contribution >= 0.6 is 0 Å². The van der Waals surface area contributed by atoms with Crippen LogP contribution in [0.4, 0.5) is 0 Å². The van der Waals surface area contributed by atoms with E-state index in [4.69, 9.17) is 10.5 Å². The summed E-state index contributed by atoms with van der Waals surface area (Å²) < 4.78 is 5.43. The van der Waals surface area contributed by atoms with Gasteiger partial charge in [-0.25, -0.2) is 0 Å². The zero-order chi connectivity index (χ0) is 13.7. The molecule has 3 unspecified atom stereocenters. The van der Waals surface area contributed by atoms with Gasteiger partial charge in [-0.05, 0) is 6.92 Å². The van der Waals surface area contributed by atoms with Gasteiger partial charge >= 0.3 is 0 Å². The number of likely N-dealkylation sites (N-methyl/N-ethyl adjacent to an activating group) is 1. The Morgan fingerprint density at radius 1 is 1.67 bits per heavy atom. The predicted molar refractivity (Wildman–Crippen MR) is 64.1 cm³/mol. The van der Waals surface area contributed by atoms with Crippen molar-refractivity contribution in [3.05, 3.63) is 11.8 Å². The fourth-order valence-corrected chi connectivity index (χ4v) is 1.77.